The summed E-state index contributed by atoms with van der Waals surface area (Å²) in [6.45, 7) is 10.7. The van der Waals surface area contributed by atoms with Gasteiger partial charge in [-0.3, -0.25) is 0 Å². The van der Waals surface area contributed by atoms with E-state index in [-0.39, 0.29) is 0 Å². The second-order valence-electron chi connectivity index (χ2n) is 3.86. The molecule has 0 radical (unpaired) electrons. The van der Waals surface area contributed by atoms with Gasteiger partial charge in [-0.15, -0.1) is 0 Å². The van der Waals surface area contributed by atoms with Crippen LogP contribution in [0.15, 0.2) is 0 Å². The number of nitrogens with one attached hydrogen (secondary N) is 1. The van der Waals surface area contributed by atoms with E-state index in [1.54, 1.807) is 0 Å². The zero-order valence-electron chi connectivity index (χ0n) is 9.44. The highest BCUT2D eigenvalue weighted by Gasteiger charge is 1.93. The van der Waals surface area contributed by atoms with Crippen LogP contribution in [0.3, 0.4) is 0 Å². The summed E-state index contributed by atoms with van der Waals surface area (Å²) in [5.74, 6) is 0.766. The predicted molar refractivity (Wildman–Crippen MR) is 58.1 cm³/mol. The van der Waals surface area contributed by atoms with Crippen molar-refractivity contribution in [2.24, 2.45) is 5.92 Å². The standard InChI is InChI=1S/C11H25NO/c1-4-12-8-5-6-9-13-10-7-11(2)3/h11-12H,4-10H2,1-3H3. The van der Waals surface area contributed by atoms with E-state index in [4.69, 9.17) is 4.74 Å². The Morgan fingerprint density at radius 2 is 1.92 bits per heavy atom. The van der Waals surface area contributed by atoms with Crippen LogP contribution < -0.4 is 5.32 Å². The van der Waals surface area contributed by atoms with Crippen LogP contribution in [-0.2, 0) is 4.74 Å². The maximum absolute atomic E-state index is 5.50. The minimum atomic E-state index is 0.766. The van der Waals surface area contributed by atoms with Crippen LogP contribution in [0.25, 0.3) is 0 Å². The summed E-state index contributed by atoms with van der Waals surface area (Å²) in [5.41, 5.74) is 0. The molecule has 0 amide bonds. The zero-order chi connectivity index (χ0) is 9.94. The minimum Gasteiger partial charge on any atom is -0.381 e. The first kappa shape index (κ1) is 12.9. The Morgan fingerprint density at radius 1 is 1.15 bits per heavy atom. The van der Waals surface area contributed by atoms with Crippen molar-refractivity contribution < 1.29 is 4.74 Å². The summed E-state index contributed by atoms with van der Waals surface area (Å²) < 4.78 is 5.50. The van der Waals surface area contributed by atoms with E-state index >= 15 is 0 Å². The molecule has 0 atom stereocenters. The molecule has 0 fully saturated rings. The molecule has 0 bridgehead atoms. The molecule has 0 saturated heterocycles. The lowest BCUT2D eigenvalue weighted by Gasteiger charge is -2.06. The van der Waals surface area contributed by atoms with Gasteiger partial charge < -0.3 is 10.1 Å². The maximum atomic E-state index is 5.50. The van der Waals surface area contributed by atoms with Gasteiger partial charge in [0.05, 0.1) is 0 Å². The Balaban J connectivity index is 2.84. The van der Waals surface area contributed by atoms with Crippen LogP contribution in [0, 0.1) is 5.92 Å². The molecule has 0 aromatic carbocycles. The van der Waals surface area contributed by atoms with Crippen molar-refractivity contribution in [1.82, 2.24) is 5.32 Å². The van der Waals surface area contributed by atoms with Crippen molar-refractivity contribution in [3.8, 4) is 0 Å². The predicted octanol–water partition coefficient (Wildman–Crippen LogP) is 2.44. The van der Waals surface area contributed by atoms with Crippen molar-refractivity contribution in [3.63, 3.8) is 0 Å². The minimum absolute atomic E-state index is 0.766. The van der Waals surface area contributed by atoms with E-state index in [0.717, 1.165) is 32.2 Å². The van der Waals surface area contributed by atoms with Crippen LogP contribution in [0.1, 0.15) is 40.0 Å². The first-order chi connectivity index (χ1) is 6.27. The van der Waals surface area contributed by atoms with Gasteiger partial charge in [-0.25, -0.2) is 0 Å². The second-order valence-corrected chi connectivity index (χ2v) is 3.86. The molecular weight excluding hydrogens is 162 g/mol. The fourth-order valence-electron chi connectivity index (χ4n) is 1.05. The summed E-state index contributed by atoms with van der Waals surface area (Å²) in [4.78, 5) is 0. The normalized spacial score (nSPS) is 11.1. The third kappa shape index (κ3) is 11.9. The van der Waals surface area contributed by atoms with Gasteiger partial charge in [0.1, 0.15) is 0 Å². The molecule has 2 nitrogen and oxygen atoms in total. The van der Waals surface area contributed by atoms with E-state index in [9.17, 15) is 0 Å². The molecule has 80 valence electrons. The average molecular weight is 187 g/mol. The third-order valence-corrected chi connectivity index (χ3v) is 1.98. The molecule has 13 heavy (non-hydrogen) atoms. The highest BCUT2D eigenvalue weighted by molar-refractivity contribution is 4.46. The van der Waals surface area contributed by atoms with Crippen LogP contribution >= 0.6 is 0 Å². The molecule has 0 aromatic heterocycles. The zero-order valence-corrected chi connectivity index (χ0v) is 9.44. The molecule has 1 N–H and O–H groups in total. The fourth-order valence-corrected chi connectivity index (χ4v) is 1.05. The SMILES string of the molecule is CCNCCCCOCCC(C)C. The quantitative estimate of drug-likeness (QED) is 0.560. The number of hydrogen-bond acceptors (Lipinski definition) is 2. The van der Waals surface area contributed by atoms with Crippen LogP contribution in [-0.4, -0.2) is 26.3 Å². The molecule has 0 unspecified atom stereocenters. The fraction of sp³-hybridized carbons (Fsp3) is 1.00. The Labute approximate surface area is 83.1 Å². The van der Waals surface area contributed by atoms with Gasteiger partial charge in [0.2, 0.25) is 0 Å². The Morgan fingerprint density at radius 3 is 2.54 bits per heavy atom. The molecular formula is C11H25NO. The van der Waals surface area contributed by atoms with Gasteiger partial charge in [0.15, 0.2) is 0 Å². The van der Waals surface area contributed by atoms with Gasteiger partial charge in [0, 0.05) is 13.2 Å². The average Bonchev–Trinajstić information content (AvgIpc) is 2.09. The van der Waals surface area contributed by atoms with Crippen molar-refractivity contribution in [3.05, 3.63) is 0 Å². The van der Waals surface area contributed by atoms with Crippen LogP contribution in [0.2, 0.25) is 0 Å². The van der Waals surface area contributed by atoms with Gasteiger partial charge in [-0.05, 0) is 38.3 Å². The lowest BCUT2D eigenvalue weighted by atomic mass is 10.1. The van der Waals surface area contributed by atoms with E-state index in [1.807, 2.05) is 0 Å². The molecule has 0 heterocycles. The molecule has 0 rings (SSSR count). The third-order valence-electron chi connectivity index (χ3n) is 1.98. The van der Waals surface area contributed by atoms with Crippen LogP contribution in [0.5, 0.6) is 0 Å². The van der Waals surface area contributed by atoms with Crippen molar-refractivity contribution in [1.29, 1.82) is 0 Å². The van der Waals surface area contributed by atoms with Gasteiger partial charge in [-0.1, -0.05) is 20.8 Å². The summed E-state index contributed by atoms with van der Waals surface area (Å²) in [7, 11) is 0. The van der Waals surface area contributed by atoms with E-state index < -0.39 is 0 Å². The number of rotatable bonds is 9. The van der Waals surface area contributed by atoms with Crippen LogP contribution in [0.4, 0.5) is 0 Å². The van der Waals surface area contributed by atoms with E-state index in [2.05, 4.69) is 26.1 Å². The smallest absolute Gasteiger partial charge is 0.0468 e. The summed E-state index contributed by atoms with van der Waals surface area (Å²) in [5, 5.41) is 3.30. The Bertz CT molecular complexity index is 94.1. The maximum Gasteiger partial charge on any atom is 0.0468 e. The van der Waals surface area contributed by atoms with E-state index in [1.165, 1.54) is 19.3 Å². The summed E-state index contributed by atoms with van der Waals surface area (Å²) in [6.07, 6.45) is 3.60. The second kappa shape index (κ2) is 10.0. The lowest BCUT2D eigenvalue weighted by molar-refractivity contribution is 0.120. The Kier molecular flexibility index (Phi) is 9.94. The van der Waals surface area contributed by atoms with Gasteiger partial charge >= 0.3 is 0 Å². The van der Waals surface area contributed by atoms with Crippen molar-refractivity contribution >= 4 is 0 Å². The summed E-state index contributed by atoms with van der Waals surface area (Å²) in [6, 6.07) is 0. The number of unbranched alkanes of at least 4 members (excludes halogenated alkanes) is 1. The molecule has 0 spiro atoms. The number of hydrogen-bond donors (Lipinski definition) is 1. The largest absolute Gasteiger partial charge is 0.381 e. The lowest BCUT2D eigenvalue weighted by Crippen LogP contribution is -2.14. The van der Waals surface area contributed by atoms with Gasteiger partial charge in [0.25, 0.3) is 0 Å². The Hall–Kier alpha value is -0.0800. The molecule has 0 aliphatic heterocycles. The summed E-state index contributed by atoms with van der Waals surface area (Å²) >= 11 is 0. The molecule has 0 saturated carbocycles. The topological polar surface area (TPSA) is 21.3 Å². The van der Waals surface area contributed by atoms with Crippen molar-refractivity contribution in [2.75, 3.05) is 26.3 Å². The molecule has 0 aliphatic carbocycles. The van der Waals surface area contributed by atoms with E-state index in [0.29, 0.717) is 0 Å². The first-order valence-corrected chi connectivity index (χ1v) is 5.55. The van der Waals surface area contributed by atoms with Gasteiger partial charge in [-0.2, -0.15) is 0 Å². The highest BCUT2D eigenvalue weighted by atomic mass is 16.5. The molecule has 2 heteroatoms. The monoisotopic (exact) mass is 187 g/mol. The molecule has 0 aliphatic rings. The van der Waals surface area contributed by atoms with Crippen molar-refractivity contribution in [2.45, 2.75) is 40.0 Å². The highest BCUT2D eigenvalue weighted by Crippen LogP contribution is 1.99. The first-order valence-electron chi connectivity index (χ1n) is 5.55. The number of ether oxygens (including phenoxy) is 1. The molecule has 0 aromatic rings.